The summed E-state index contributed by atoms with van der Waals surface area (Å²) < 4.78 is 5.23. The minimum atomic E-state index is -0.253. The van der Waals surface area contributed by atoms with E-state index in [-0.39, 0.29) is 24.5 Å². The molecule has 4 nitrogen and oxygen atoms in total. The number of hydrogen-bond acceptors (Lipinski definition) is 3. The number of rotatable bonds is 1. The van der Waals surface area contributed by atoms with E-state index < -0.39 is 0 Å². The Labute approximate surface area is 123 Å². The number of cyclic esters (lactones) is 1. The van der Waals surface area contributed by atoms with E-state index in [0.29, 0.717) is 11.6 Å². The summed E-state index contributed by atoms with van der Waals surface area (Å²) in [5.41, 5.74) is 1.93. The fourth-order valence-electron chi connectivity index (χ4n) is 2.60. The number of benzene rings is 1. The van der Waals surface area contributed by atoms with Crippen molar-refractivity contribution in [2.24, 2.45) is 0 Å². The normalized spacial score (nSPS) is 19.4. The van der Waals surface area contributed by atoms with Crippen molar-refractivity contribution in [1.29, 1.82) is 0 Å². The molecule has 104 valence electrons. The minimum Gasteiger partial charge on any atom is -0.444 e. The van der Waals surface area contributed by atoms with E-state index in [2.05, 4.69) is 5.32 Å². The lowest BCUT2D eigenvalue weighted by molar-refractivity contribution is 0.137. The van der Waals surface area contributed by atoms with Gasteiger partial charge in [0.2, 0.25) is 0 Å². The van der Waals surface area contributed by atoms with Crippen LogP contribution < -0.4 is 10.2 Å². The summed E-state index contributed by atoms with van der Waals surface area (Å²) in [6.07, 6.45) is 1.64. The molecule has 1 aromatic carbocycles. The number of ether oxygens (including phenoxy) is 1. The standard InChI is InChI=1S/C13H15ClN2O2.ClH/c14-10-2-1-9-8-18-13(17)16(12(9)7-10)11-3-5-15-6-4-11;/h1-2,7,11,15H,3-6,8H2;1H. The Morgan fingerprint density at radius 1 is 1.32 bits per heavy atom. The Bertz CT molecular complexity index is 476. The lowest BCUT2D eigenvalue weighted by Crippen LogP contribution is -2.48. The molecule has 19 heavy (non-hydrogen) atoms. The lowest BCUT2D eigenvalue weighted by atomic mass is 10.0. The van der Waals surface area contributed by atoms with Crippen molar-refractivity contribution in [2.75, 3.05) is 18.0 Å². The van der Waals surface area contributed by atoms with Crippen LogP contribution >= 0.6 is 24.0 Å². The number of fused-ring (bicyclic) bond motifs is 1. The Hall–Kier alpha value is -0.970. The molecule has 0 aliphatic carbocycles. The summed E-state index contributed by atoms with van der Waals surface area (Å²) in [7, 11) is 0. The molecule has 0 spiro atoms. The highest BCUT2D eigenvalue weighted by atomic mass is 35.5. The SMILES string of the molecule is Cl.O=C1OCc2ccc(Cl)cc2N1C1CCNCC1. The predicted octanol–water partition coefficient (Wildman–Crippen LogP) is 2.97. The van der Waals surface area contributed by atoms with Crippen LogP contribution in [0.4, 0.5) is 10.5 Å². The Morgan fingerprint density at radius 2 is 2.05 bits per heavy atom. The minimum absolute atomic E-state index is 0. The molecule has 0 bridgehead atoms. The van der Waals surface area contributed by atoms with Crippen molar-refractivity contribution in [2.45, 2.75) is 25.5 Å². The topological polar surface area (TPSA) is 41.6 Å². The highest BCUT2D eigenvalue weighted by Gasteiger charge is 2.32. The van der Waals surface area contributed by atoms with E-state index >= 15 is 0 Å². The van der Waals surface area contributed by atoms with E-state index in [0.717, 1.165) is 37.2 Å². The number of nitrogens with one attached hydrogen (secondary N) is 1. The number of hydrogen-bond donors (Lipinski definition) is 1. The van der Waals surface area contributed by atoms with E-state index in [1.165, 1.54) is 0 Å². The van der Waals surface area contributed by atoms with Crippen LogP contribution in [0.3, 0.4) is 0 Å². The first-order valence-electron chi connectivity index (χ1n) is 6.21. The zero-order valence-corrected chi connectivity index (χ0v) is 12.0. The van der Waals surface area contributed by atoms with Crippen LogP contribution in [0.5, 0.6) is 0 Å². The van der Waals surface area contributed by atoms with Crippen LogP contribution in [0.2, 0.25) is 5.02 Å². The first kappa shape index (κ1) is 14.4. The first-order valence-corrected chi connectivity index (χ1v) is 6.58. The van der Waals surface area contributed by atoms with E-state index in [9.17, 15) is 4.79 Å². The smallest absolute Gasteiger partial charge is 0.414 e. The number of carbonyl (C=O) groups excluding carboxylic acids is 1. The molecule has 6 heteroatoms. The van der Waals surface area contributed by atoms with Crippen LogP contribution in [-0.2, 0) is 11.3 Å². The monoisotopic (exact) mass is 302 g/mol. The van der Waals surface area contributed by atoms with Crippen molar-refractivity contribution >= 4 is 35.8 Å². The van der Waals surface area contributed by atoms with Crippen molar-refractivity contribution in [3.63, 3.8) is 0 Å². The highest BCUT2D eigenvalue weighted by molar-refractivity contribution is 6.31. The second-order valence-electron chi connectivity index (χ2n) is 4.68. The maximum absolute atomic E-state index is 12.0. The lowest BCUT2D eigenvalue weighted by Gasteiger charge is -2.37. The summed E-state index contributed by atoms with van der Waals surface area (Å²) in [5, 5.41) is 3.95. The number of piperidine rings is 1. The van der Waals surface area contributed by atoms with Gasteiger partial charge in [0.15, 0.2) is 0 Å². The predicted molar refractivity (Wildman–Crippen MR) is 77.3 cm³/mol. The Balaban J connectivity index is 0.00000133. The molecule has 3 rings (SSSR count). The summed E-state index contributed by atoms with van der Waals surface area (Å²) >= 11 is 6.04. The molecule has 1 amide bonds. The van der Waals surface area contributed by atoms with Crippen LogP contribution in [0, 0.1) is 0 Å². The third-order valence-corrected chi connectivity index (χ3v) is 3.76. The van der Waals surface area contributed by atoms with Crippen molar-refractivity contribution in [3.8, 4) is 0 Å². The van der Waals surface area contributed by atoms with Gasteiger partial charge in [-0.15, -0.1) is 12.4 Å². The zero-order valence-electron chi connectivity index (χ0n) is 10.4. The average Bonchev–Trinajstić information content (AvgIpc) is 2.39. The first-order chi connectivity index (χ1) is 8.75. The van der Waals surface area contributed by atoms with Gasteiger partial charge in [-0.05, 0) is 38.1 Å². The molecule has 2 aliphatic heterocycles. The van der Waals surface area contributed by atoms with Gasteiger partial charge in [0.05, 0.1) is 5.69 Å². The van der Waals surface area contributed by atoms with Crippen molar-refractivity contribution < 1.29 is 9.53 Å². The summed E-state index contributed by atoms with van der Waals surface area (Å²) in [4.78, 5) is 13.8. The molecule has 2 aliphatic rings. The van der Waals surface area contributed by atoms with Gasteiger partial charge in [-0.3, -0.25) is 4.90 Å². The van der Waals surface area contributed by atoms with Gasteiger partial charge in [0, 0.05) is 16.6 Å². The maximum Gasteiger partial charge on any atom is 0.414 e. The van der Waals surface area contributed by atoms with E-state index in [4.69, 9.17) is 16.3 Å². The van der Waals surface area contributed by atoms with Gasteiger partial charge in [-0.25, -0.2) is 4.79 Å². The number of halogens is 2. The van der Waals surface area contributed by atoms with Gasteiger partial charge >= 0.3 is 6.09 Å². The zero-order chi connectivity index (χ0) is 12.5. The van der Waals surface area contributed by atoms with Gasteiger partial charge in [-0.1, -0.05) is 17.7 Å². The molecule has 1 aromatic rings. The van der Waals surface area contributed by atoms with Gasteiger partial charge < -0.3 is 10.1 Å². The van der Waals surface area contributed by atoms with E-state index in [1.807, 2.05) is 18.2 Å². The van der Waals surface area contributed by atoms with Crippen LogP contribution in [0.15, 0.2) is 18.2 Å². The van der Waals surface area contributed by atoms with Crippen molar-refractivity contribution in [1.82, 2.24) is 5.32 Å². The van der Waals surface area contributed by atoms with E-state index in [1.54, 1.807) is 4.90 Å². The molecule has 0 saturated carbocycles. The Morgan fingerprint density at radius 3 is 2.79 bits per heavy atom. The van der Waals surface area contributed by atoms with Crippen molar-refractivity contribution in [3.05, 3.63) is 28.8 Å². The summed E-state index contributed by atoms with van der Waals surface area (Å²) in [6, 6.07) is 5.83. The quantitative estimate of drug-likeness (QED) is 0.867. The third-order valence-electron chi connectivity index (χ3n) is 3.53. The molecular formula is C13H16Cl2N2O2. The van der Waals surface area contributed by atoms with Gasteiger partial charge in [0.25, 0.3) is 0 Å². The summed E-state index contributed by atoms with van der Waals surface area (Å²) in [6.45, 7) is 2.21. The molecule has 1 N–H and O–H groups in total. The van der Waals surface area contributed by atoms with Crippen LogP contribution in [0.1, 0.15) is 18.4 Å². The fourth-order valence-corrected chi connectivity index (χ4v) is 2.77. The second-order valence-corrected chi connectivity index (χ2v) is 5.12. The Kier molecular flexibility index (Phi) is 4.55. The van der Waals surface area contributed by atoms with Crippen LogP contribution in [0.25, 0.3) is 0 Å². The third kappa shape index (κ3) is 2.81. The second kappa shape index (κ2) is 5.99. The molecule has 0 aromatic heterocycles. The molecular weight excluding hydrogens is 287 g/mol. The highest BCUT2D eigenvalue weighted by Crippen LogP contribution is 2.33. The van der Waals surface area contributed by atoms with Gasteiger partial charge in [-0.2, -0.15) is 0 Å². The summed E-state index contributed by atoms with van der Waals surface area (Å²) in [5.74, 6) is 0. The number of nitrogens with zero attached hydrogens (tertiary/aromatic N) is 1. The maximum atomic E-state index is 12.0. The molecule has 0 atom stereocenters. The van der Waals surface area contributed by atoms with Gasteiger partial charge in [0.1, 0.15) is 6.61 Å². The molecule has 2 heterocycles. The number of carbonyl (C=O) groups is 1. The molecule has 1 fully saturated rings. The molecule has 0 unspecified atom stereocenters. The molecule has 0 radical (unpaired) electrons. The largest absolute Gasteiger partial charge is 0.444 e. The average molecular weight is 303 g/mol. The number of amides is 1. The fraction of sp³-hybridized carbons (Fsp3) is 0.462. The van der Waals surface area contributed by atoms with Crippen LogP contribution in [-0.4, -0.2) is 25.2 Å². The molecule has 1 saturated heterocycles. The number of anilines is 1.